The van der Waals surface area contributed by atoms with Crippen molar-refractivity contribution in [1.82, 2.24) is 0 Å². The zero-order chi connectivity index (χ0) is 13.8. The molecular weight excluding hydrogens is 236 g/mol. The van der Waals surface area contributed by atoms with Crippen LogP contribution >= 0.6 is 0 Å². The number of benzene rings is 1. The van der Waals surface area contributed by atoms with E-state index in [-0.39, 0.29) is 17.5 Å². The van der Waals surface area contributed by atoms with Crippen LogP contribution in [0.3, 0.4) is 0 Å². The summed E-state index contributed by atoms with van der Waals surface area (Å²) in [6.07, 6.45) is 5.64. The van der Waals surface area contributed by atoms with Gasteiger partial charge in [0.2, 0.25) is 0 Å². The minimum Gasteiger partial charge on any atom is -0.293 e. The van der Waals surface area contributed by atoms with E-state index in [9.17, 15) is 9.59 Å². The van der Waals surface area contributed by atoms with E-state index in [0.717, 1.165) is 12.8 Å². The van der Waals surface area contributed by atoms with Gasteiger partial charge in [0.25, 0.3) is 0 Å². The molecule has 1 aliphatic carbocycles. The molecule has 1 atom stereocenters. The minimum atomic E-state index is -0.0522. The van der Waals surface area contributed by atoms with Crippen molar-refractivity contribution >= 4 is 11.6 Å². The van der Waals surface area contributed by atoms with Crippen LogP contribution in [-0.4, -0.2) is 11.6 Å². The van der Waals surface area contributed by atoms with Gasteiger partial charge in [-0.2, -0.15) is 0 Å². The van der Waals surface area contributed by atoms with Crippen LogP contribution in [-0.2, 0) is 0 Å². The molecule has 0 saturated carbocycles. The summed E-state index contributed by atoms with van der Waals surface area (Å²) in [5.41, 5.74) is 1.17. The molecule has 0 saturated heterocycles. The summed E-state index contributed by atoms with van der Waals surface area (Å²) in [5.74, 6) is 0.467. The Bertz CT molecular complexity index is 441. The molecule has 1 aromatic carbocycles. The lowest BCUT2D eigenvalue weighted by Gasteiger charge is -2.15. The van der Waals surface area contributed by atoms with E-state index < -0.39 is 0 Å². The number of hydrogen-bond donors (Lipinski definition) is 0. The first-order chi connectivity index (χ1) is 9.16. The van der Waals surface area contributed by atoms with Gasteiger partial charge in [0.05, 0.1) is 0 Å². The predicted octanol–water partition coefficient (Wildman–Crippen LogP) is 4.25. The molecule has 0 spiro atoms. The maximum atomic E-state index is 12.3. The van der Waals surface area contributed by atoms with Gasteiger partial charge in [0, 0.05) is 11.1 Å². The summed E-state index contributed by atoms with van der Waals surface area (Å²) in [6, 6.07) is 7.15. The number of unbranched alkanes of at least 4 members (excludes halogenated alkanes) is 3. The highest BCUT2D eigenvalue weighted by molar-refractivity contribution is 6.36. The summed E-state index contributed by atoms with van der Waals surface area (Å²) in [5, 5.41) is 0. The fourth-order valence-corrected chi connectivity index (χ4v) is 2.74. The van der Waals surface area contributed by atoms with E-state index in [1.807, 2.05) is 19.1 Å². The third-order valence-corrected chi connectivity index (χ3v) is 3.89. The Morgan fingerprint density at radius 3 is 2.05 bits per heavy atom. The molecule has 2 heteroatoms. The molecule has 2 nitrogen and oxygen atoms in total. The number of Topliss-reactive ketones (excluding diaryl/α,β-unsaturated/α-hetero) is 2. The number of fused-ring (bicyclic) bond motifs is 1. The van der Waals surface area contributed by atoms with Crippen LogP contribution in [0.5, 0.6) is 0 Å². The van der Waals surface area contributed by atoms with Gasteiger partial charge in [0.1, 0.15) is 5.92 Å². The Kier molecular flexibility index (Phi) is 4.52. The second kappa shape index (κ2) is 6.14. The smallest absolute Gasteiger partial charge is 0.179 e. The number of ketones is 2. The summed E-state index contributed by atoms with van der Waals surface area (Å²) in [4.78, 5) is 24.6. The lowest BCUT2D eigenvalue weighted by Crippen LogP contribution is -2.20. The Hall–Kier alpha value is -1.44. The van der Waals surface area contributed by atoms with E-state index in [4.69, 9.17) is 0 Å². The molecular formula is C17H21O2. The molecule has 0 N–H and O–H groups in total. The number of hydrogen-bond acceptors (Lipinski definition) is 2. The molecule has 0 amide bonds. The van der Waals surface area contributed by atoms with Crippen molar-refractivity contribution in [3.8, 4) is 0 Å². The van der Waals surface area contributed by atoms with E-state index in [1.54, 1.807) is 12.1 Å². The van der Waals surface area contributed by atoms with Crippen molar-refractivity contribution in [1.29, 1.82) is 0 Å². The van der Waals surface area contributed by atoms with Crippen LogP contribution in [0.4, 0.5) is 0 Å². The van der Waals surface area contributed by atoms with Gasteiger partial charge < -0.3 is 0 Å². The number of carbonyl (C=O) groups is 2. The van der Waals surface area contributed by atoms with Gasteiger partial charge in [-0.15, -0.1) is 0 Å². The summed E-state index contributed by atoms with van der Waals surface area (Å²) in [7, 11) is 0. The zero-order valence-corrected chi connectivity index (χ0v) is 11.7. The second-order valence-electron chi connectivity index (χ2n) is 5.37. The topological polar surface area (TPSA) is 34.1 Å². The van der Waals surface area contributed by atoms with Crippen molar-refractivity contribution in [3.05, 3.63) is 41.3 Å². The number of carbonyl (C=O) groups excluding carboxylic acids is 2. The van der Waals surface area contributed by atoms with Gasteiger partial charge in [-0.1, -0.05) is 63.8 Å². The Labute approximate surface area is 115 Å². The lowest BCUT2D eigenvalue weighted by atomic mass is 9.85. The Morgan fingerprint density at radius 2 is 1.53 bits per heavy atom. The van der Waals surface area contributed by atoms with Crippen LogP contribution in [0.2, 0.25) is 0 Å². The monoisotopic (exact) mass is 257 g/mol. The highest BCUT2D eigenvalue weighted by Gasteiger charge is 2.41. The van der Waals surface area contributed by atoms with Gasteiger partial charge in [-0.25, -0.2) is 0 Å². The van der Waals surface area contributed by atoms with Crippen LogP contribution < -0.4 is 0 Å². The summed E-state index contributed by atoms with van der Waals surface area (Å²) < 4.78 is 0. The molecule has 0 aliphatic heterocycles. The largest absolute Gasteiger partial charge is 0.293 e. The molecule has 1 unspecified atom stereocenters. The molecule has 1 aliphatic rings. The minimum absolute atomic E-state index is 0.0522. The molecule has 0 bridgehead atoms. The van der Waals surface area contributed by atoms with Crippen LogP contribution in [0, 0.1) is 11.8 Å². The van der Waals surface area contributed by atoms with Crippen molar-refractivity contribution in [2.75, 3.05) is 0 Å². The SMILES string of the molecule is CCCCCCC(C)[C]1C(=O)c2ccccc2C1=O. The van der Waals surface area contributed by atoms with E-state index in [0.29, 0.717) is 17.0 Å². The second-order valence-corrected chi connectivity index (χ2v) is 5.37. The molecule has 0 fully saturated rings. The molecule has 0 heterocycles. The zero-order valence-electron chi connectivity index (χ0n) is 11.7. The summed E-state index contributed by atoms with van der Waals surface area (Å²) in [6.45, 7) is 4.18. The maximum absolute atomic E-state index is 12.3. The molecule has 101 valence electrons. The van der Waals surface area contributed by atoms with Crippen LogP contribution in [0.25, 0.3) is 0 Å². The average molecular weight is 257 g/mol. The summed E-state index contributed by atoms with van der Waals surface area (Å²) >= 11 is 0. The quantitative estimate of drug-likeness (QED) is 0.714. The predicted molar refractivity (Wildman–Crippen MR) is 76.3 cm³/mol. The first-order valence-corrected chi connectivity index (χ1v) is 7.22. The van der Waals surface area contributed by atoms with E-state index in [2.05, 4.69) is 6.92 Å². The van der Waals surface area contributed by atoms with E-state index in [1.165, 1.54) is 19.3 Å². The van der Waals surface area contributed by atoms with Crippen LogP contribution in [0.1, 0.15) is 66.7 Å². The van der Waals surface area contributed by atoms with Gasteiger partial charge in [-0.3, -0.25) is 9.59 Å². The van der Waals surface area contributed by atoms with Gasteiger partial charge >= 0.3 is 0 Å². The van der Waals surface area contributed by atoms with Crippen molar-refractivity contribution in [2.24, 2.45) is 5.92 Å². The number of rotatable bonds is 6. The highest BCUT2D eigenvalue weighted by Crippen LogP contribution is 2.35. The molecule has 1 aromatic rings. The van der Waals surface area contributed by atoms with Crippen molar-refractivity contribution in [3.63, 3.8) is 0 Å². The van der Waals surface area contributed by atoms with Gasteiger partial charge in [0.15, 0.2) is 11.6 Å². The normalized spacial score (nSPS) is 16.7. The standard InChI is InChI=1S/C17H21O2/c1-3-4-5-6-9-12(2)15-16(18)13-10-7-8-11-14(13)17(15)19/h7-8,10-12H,3-6,9H2,1-2H3. The van der Waals surface area contributed by atoms with E-state index >= 15 is 0 Å². The fourth-order valence-electron chi connectivity index (χ4n) is 2.74. The first-order valence-electron chi connectivity index (χ1n) is 7.22. The van der Waals surface area contributed by atoms with Crippen molar-refractivity contribution in [2.45, 2.75) is 46.0 Å². The first kappa shape index (κ1) is 14.0. The van der Waals surface area contributed by atoms with Gasteiger partial charge in [-0.05, 0) is 12.3 Å². The molecule has 2 rings (SSSR count). The van der Waals surface area contributed by atoms with Crippen LogP contribution in [0.15, 0.2) is 24.3 Å². The average Bonchev–Trinajstić information content (AvgIpc) is 2.68. The maximum Gasteiger partial charge on any atom is 0.179 e. The Balaban J connectivity index is 2.03. The van der Waals surface area contributed by atoms with Crippen molar-refractivity contribution < 1.29 is 9.59 Å². The molecule has 1 radical (unpaired) electrons. The molecule has 19 heavy (non-hydrogen) atoms. The Morgan fingerprint density at radius 1 is 0.947 bits per heavy atom. The third kappa shape index (κ3) is 2.78. The molecule has 0 aromatic heterocycles. The fraction of sp³-hybridized carbons (Fsp3) is 0.471. The lowest BCUT2D eigenvalue weighted by molar-refractivity contribution is 0.0925. The third-order valence-electron chi connectivity index (χ3n) is 3.89. The highest BCUT2D eigenvalue weighted by atomic mass is 16.2.